The first kappa shape index (κ1) is 37.5. The lowest BCUT2D eigenvalue weighted by Gasteiger charge is -2.41. The molecule has 46 heavy (non-hydrogen) atoms. The summed E-state index contributed by atoms with van der Waals surface area (Å²) in [6.07, 6.45) is -9.76. The molecule has 0 spiro atoms. The number of nitrogens with zero attached hydrogens (tertiary/aromatic N) is 3. The highest BCUT2D eigenvalue weighted by Gasteiger charge is 2.39. The smallest absolute Gasteiger partial charge is 0.378 e. The number of alkyl halides is 6. The van der Waals surface area contributed by atoms with Gasteiger partial charge < -0.3 is 14.6 Å². The van der Waals surface area contributed by atoms with Crippen molar-refractivity contribution >= 4 is 41.6 Å². The number of aromatic nitrogens is 1. The molecule has 2 fully saturated rings. The summed E-state index contributed by atoms with van der Waals surface area (Å²) in [5.41, 5.74) is -2.11. The van der Waals surface area contributed by atoms with Crippen LogP contribution in [-0.4, -0.2) is 89.7 Å². The highest BCUT2D eigenvalue weighted by Crippen LogP contribution is 2.37. The minimum Gasteiger partial charge on any atom is -0.378 e. The van der Waals surface area contributed by atoms with E-state index in [-0.39, 0.29) is 43.0 Å². The Balaban J connectivity index is 0.00000288. The van der Waals surface area contributed by atoms with Gasteiger partial charge in [-0.25, -0.2) is 0 Å². The topological polar surface area (TPSA) is 51.8 Å². The largest absolute Gasteiger partial charge is 0.416 e. The number of hydrogen-bond acceptors (Lipinski definition) is 4. The number of hydrogen-bond donors (Lipinski definition) is 1. The van der Waals surface area contributed by atoms with Crippen molar-refractivity contribution in [3.8, 4) is 11.8 Å². The van der Waals surface area contributed by atoms with Crippen molar-refractivity contribution in [2.75, 3.05) is 52.5 Å². The lowest BCUT2D eigenvalue weighted by Crippen LogP contribution is -2.56. The number of H-pyrrole nitrogens is 1. The first-order chi connectivity index (χ1) is 20.7. The van der Waals surface area contributed by atoms with Gasteiger partial charge in [0.2, 0.25) is 0 Å². The van der Waals surface area contributed by atoms with Crippen LogP contribution in [0, 0.1) is 11.8 Å². The van der Waals surface area contributed by atoms with Crippen molar-refractivity contribution < 1.29 is 35.9 Å². The van der Waals surface area contributed by atoms with Crippen LogP contribution in [-0.2, 0) is 23.5 Å². The summed E-state index contributed by atoms with van der Waals surface area (Å²) in [4.78, 5) is 22.7. The molecule has 2 aromatic carbocycles. The average Bonchev–Trinajstić information content (AvgIpc) is 3.37. The molecule has 1 aromatic heterocycles. The van der Waals surface area contributed by atoms with Crippen LogP contribution in [0.2, 0.25) is 0 Å². The van der Waals surface area contributed by atoms with E-state index < -0.39 is 41.0 Å². The third kappa shape index (κ3) is 8.89. The number of nitrogens with one attached hydrogen (secondary N) is 1. The summed E-state index contributed by atoms with van der Waals surface area (Å²) < 4.78 is 86.8. The van der Waals surface area contributed by atoms with Crippen LogP contribution < -0.4 is 0 Å². The number of rotatable bonds is 5. The molecular formula is C32H36Cl2F6N4O2. The van der Waals surface area contributed by atoms with Gasteiger partial charge in [-0.15, -0.1) is 24.8 Å². The van der Waals surface area contributed by atoms with Gasteiger partial charge in [0, 0.05) is 54.9 Å². The molecule has 6 nitrogen and oxygen atoms in total. The first-order valence-electron chi connectivity index (χ1n) is 14.4. The number of benzene rings is 2. The molecule has 0 bridgehead atoms. The van der Waals surface area contributed by atoms with Crippen molar-refractivity contribution in [3.05, 3.63) is 70.9 Å². The Bertz CT molecular complexity index is 1500. The normalized spacial score (nSPS) is 19.1. The van der Waals surface area contributed by atoms with Gasteiger partial charge in [0.05, 0.1) is 43.5 Å². The fourth-order valence-electron chi connectivity index (χ4n) is 5.75. The maximum atomic E-state index is 13.7. The number of fused-ring (bicyclic) bond motifs is 1. The third-order valence-corrected chi connectivity index (χ3v) is 8.22. The van der Waals surface area contributed by atoms with Crippen molar-refractivity contribution in [1.82, 2.24) is 19.7 Å². The molecule has 1 amide bonds. The van der Waals surface area contributed by atoms with E-state index in [9.17, 15) is 31.1 Å². The first-order valence-corrected chi connectivity index (χ1v) is 14.4. The van der Waals surface area contributed by atoms with Crippen LogP contribution in [0.5, 0.6) is 0 Å². The Morgan fingerprint density at radius 1 is 0.935 bits per heavy atom. The zero-order valence-corrected chi connectivity index (χ0v) is 26.9. The number of carbonyl (C=O) groups excluding carboxylic acids is 1. The second-order valence-corrected chi connectivity index (χ2v) is 11.9. The van der Waals surface area contributed by atoms with E-state index in [1.165, 1.54) is 4.90 Å². The maximum Gasteiger partial charge on any atom is 0.416 e. The second kappa shape index (κ2) is 14.9. The predicted octanol–water partition coefficient (Wildman–Crippen LogP) is 6.53. The molecule has 3 aromatic rings. The van der Waals surface area contributed by atoms with Gasteiger partial charge in [-0.1, -0.05) is 30.0 Å². The van der Waals surface area contributed by atoms with Crippen LogP contribution in [0.4, 0.5) is 26.3 Å². The lowest BCUT2D eigenvalue weighted by molar-refractivity contribution is -0.143. The zero-order chi connectivity index (χ0) is 31.7. The van der Waals surface area contributed by atoms with E-state index in [4.69, 9.17) is 4.74 Å². The summed E-state index contributed by atoms with van der Waals surface area (Å²) in [7, 11) is 0. The molecule has 1 atom stereocenters. The van der Waals surface area contributed by atoms with Gasteiger partial charge in [-0.05, 0) is 49.6 Å². The highest BCUT2D eigenvalue weighted by molar-refractivity contribution is 5.95. The van der Waals surface area contributed by atoms with Crippen molar-refractivity contribution in [2.45, 2.75) is 44.2 Å². The van der Waals surface area contributed by atoms with E-state index in [0.29, 0.717) is 57.9 Å². The quantitative estimate of drug-likeness (QED) is 0.244. The van der Waals surface area contributed by atoms with Crippen LogP contribution in [0.25, 0.3) is 10.9 Å². The second-order valence-electron chi connectivity index (χ2n) is 11.9. The molecule has 2 aliphatic heterocycles. The van der Waals surface area contributed by atoms with E-state index >= 15 is 0 Å². The maximum absolute atomic E-state index is 13.7. The summed E-state index contributed by atoms with van der Waals surface area (Å²) in [6.45, 7) is 8.08. The SMILES string of the molecule is CC1(C)COCCN1CC#CCN1CCN(C(=O)c2cc(C(F)(F)F)cc(C(F)(F)F)c2)C(Cc2cc3ccccc3[nH]2)C1.Cl.Cl. The molecule has 2 saturated heterocycles. The van der Waals surface area contributed by atoms with E-state index in [1.807, 2.05) is 30.3 Å². The van der Waals surface area contributed by atoms with Gasteiger partial charge in [0.15, 0.2) is 0 Å². The number of piperazine rings is 1. The standard InChI is InChI=1S/C32H34F6N4O2.2ClH/c1-30(2)21-44-14-13-41(30)10-6-5-9-40-11-12-42(27(20-40)19-26-17-22-7-3-4-8-28(22)39-26)29(43)23-15-24(31(33,34)35)18-25(16-23)32(36,37)38;;/h3-4,7-8,15-18,27,39H,9-14,19-21H2,1-2H3;2*1H. The third-order valence-electron chi connectivity index (χ3n) is 8.22. The summed E-state index contributed by atoms with van der Waals surface area (Å²) in [6, 6.07) is 10.1. The summed E-state index contributed by atoms with van der Waals surface area (Å²) >= 11 is 0. The number of halogens is 8. The van der Waals surface area contributed by atoms with Crippen molar-refractivity contribution in [2.24, 2.45) is 0 Å². The molecular weight excluding hydrogens is 657 g/mol. The number of amides is 1. The fourth-order valence-corrected chi connectivity index (χ4v) is 5.75. The number of carbonyl (C=O) groups is 1. The molecule has 3 heterocycles. The average molecular weight is 694 g/mol. The Kier molecular flexibility index (Phi) is 12.1. The zero-order valence-electron chi connectivity index (χ0n) is 25.3. The molecule has 5 rings (SSSR count). The lowest BCUT2D eigenvalue weighted by atomic mass is 10.0. The Morgan fingerprint density at radius 2 is 1.59 bits per heavy atom. The number of ether oxygens (including phenoxy) is 1. The van der Waals surface area contributed by atoms with Gasteiger partial charge in [0.1, 0.15) is 0 Å². The molecule has 0 aliphatic carbocycles. The summed E-state index contributed by atoms with van der Waals surface area (Å²) in [5.74, 6) is 5.55. The van der Waals surface area contributed by atoms with Crippen LogP contribution >= 0.6 is 24.8 Å². The van der Waals surface area contributed by atoms with Crippen LogP contribution in [0.15, 0.2) is 48.5 Å². The number of aromatic amines is 1. The Morgan fingerprint density at radius 3 is 2.22 bits per heavy atom. The molecule has 14 heteroatoms. The van der Waals surface area contributed by atoms with Gasteiger partial charge in [-0.3, -0.25) is 14.6 Å². The van der Waals surface area contributed by atoms with E-state index in [1.54, 1.807) is 0 Å². The minimum absolute atomic E-state index is 0. The highest BCUT2D eigenvalue weighted by atomic mass is 35.5. The molecule has 0 radical (unpaired) electrons. The molecule has 252 valence electrons. The van der Waals surface area contributed by atoms with Crippen LogP contribution in [0.3, 0.4) is 0 Å². The van der Waals surface area contributed by atoms with Gasteiger partial charge >= 0.3 is 12.4 Å². The Labute approximate surface area is 276 Å². The van der Waals surface area contributed by atoms with E-state index in [0.717, 1.165) is 23.1 Å². The molecule has 0 saturated carbocycles. The molecule has 1 unspecified atom stereocenters. The van der Waals surface area contributed by atoms with Gasteiger partial charge in [0.25, 0.3) is 5.91 Å². The monoisotopic (exact) mass is 692 g/mol. The minimum atomic E-state index is -5.05. The Hall–Kier alpha value is -2.95. The van der Waals surface area contributed by atoms with Crippen molar-refractivity contribution in [1.29, 1.82) is 0 Å². The van der Waals surface area contributed by atoms with Crippen molar-refractivity contribution in [3.63, 3.8) is 0 Å². The fraction of sp³-hybridized carbons (Fsp3) is 0.469. The summed E-state index contributed by atoms with van der Waals surface area (Å²) in [5, 5.41) is 0.956. The number of morpholine rings is 1. The molecule has 2 aliphatic rings. The predicted molar refractivity (Wildman–Crippen MR) is 168 cm³/mol. The van der Waals surface area contributed by atoms with Crippen LogP contribution in [0.1, 0.15) is 41.0 Å². The van der Waals surface area contributed by atoms with Gasteiger partial charge in [-0.2, -0.15) is 26.3 Å². The number of para-hydroxylation sites is 1. The van der Waals surface area contributed by atoms with E-state index in [2.05, 4.69) is 40.5 Å². The molecule has 1 N–H and O–H groups in total.